The van der Waals surface area contributed by atoms with E-state index in [1.54, 1.807) is 24.4 Å². The van der Waals surface area contributed by atoms with Crippen molar-refractivity contribution in [1.82, 2.24) is 15.0 Å². The summed E-state index contributed by atoms with van der Waals surface area (Å²) < 4.78 is 0. The van der Waals surface area contributed by atoms with Crippen molar-refractivity contribution in [2.24, 2.45) is 0 Å². The van der Waals surface area contributed by atoms with Crippen molar-refractivity contribution in [3.63, 3.8) is 0 Å². The average Bonchev–Trinajstić information content (AvgIpc) is 2.88. The molecule has 0 unspecified atom stereocenters. The number of carboxylic acid groups (broad SMARTS) is 1. The molecule has 4 aromatic rings. The molecule has 0 spiro atoms. The second kappa shape index (κ2) is 8.78. The van der Waals surface area contributed by atoms with E-state index in [0.717, 1.165) is 24.5 Å². The SMILES string of the molecule is N=Cc1cc(-c2nc3ccc(C(=O)O)cc3nc2N2CCN(c3ccccn3)CC2)ccc1N. The van der Waals surface area contributed by atoms with Gasteiger partial charge in [-0.05, 0) is 42.5 Å². The fraction of sp³-hybridized carbons (Fsp3) is 0.160. The Morgan fingerprint density at radius 1 is 0.971 bits per heavy atom. The van der Waals surface area contributed by atoms with Gasteiger partial charge in [0.1, 0.15) is 11.5 Å². The number of benzene rings is 2. The summed E-state index contributed by atoms with van der Waals surface area (Å²) in [5.74, 6) is 0.608. The zero-order valence-electron chi connectivity index (χ0n) is 18.3. The lowest BCUT2D eigenvalue weighted by Gasteiger charge is -2.36. The Morgan fingerprint density at radius 2 is 1.76 bits per heavy atom. The predicted molar refractivity (Wildman–Crippen MR) is 133 cm³/mol. The van der Waals surface area contributed by atoms with Gasteiger partial charge in [-0.25, -0.2) is 19.7 Å². The number of aromatic nitrogens is 3. The Morgan fingerprint density at radius 3 is 2.47 bits per heavy atom. The second-order valence-electron chi connectivity index (χ2n) is 8.05. The molecule has 1 aliphatic rings. The highest BCUT2D eigenvalue weighted by atomic mass is 16.4. The molecule has 5 rings (SSSR count). The van der Waals surface area contributed by atoms with E-state index >= 15 is 0 Å². The van der Waals surface area contributed by atoms with Gasteiger partial charge in [-0.15, -0.1) is 0 Å². The van der Waals surface area contributed by atoms with E-state index in [0.29, 0.717) is 46.9 Å². The van der Waals surface area contributed by atoms with Crippen LogP contribution >= 0.6 is 0 Å². The molecule has 1 aliphatic heterocycles. The summed E-state index contributed by atoms with van der Waals surface area (Å²) in [7, 11) is 0. The largest absolute Gasteiger partial charge is 0.478 e. The van der Waals surface area contributed by atoms with Crippen molar-refractivity contribution in [3.8, 4) is 11.3 Å². The standard InChI is InChI=1S/C25H23N7O2/c26-15-18-13-16(4-6-19(18)27)23-24(30-21-14-17(25(33)34)5-7-20(21)29-23)32-11-9-31(10-12-32)22-3-1-2-8-28-22/h1-8,13-15,26H,9-12,27H2,(H,33,34). The fourth-order valence-electron chi connectivity index (χ4n) is 4.13. The molecule has 0 saturated carbocycles. The Kier molecular flexibility index (Phi) is 5.51. The van der Waals surface area contributed by atoms with Crippen molar-refractivity contribution in [2.45, 2.75) is 0 Å². The molecule has 3 heterocycles. The molecule has 170 valence electrons. The van der Waals surface area contributed by atoms with Crippen molar-refractivity contribution < 1.29 is 9.90 Å². The Bertz CT molecular complexity index is 1380. The van der Waals surface area contributed by atoms with Gasteiger partial charge in [-0.3, -0.25) is 0 Å². The van der Waals surface area contributed by atoms with E-state index in [2.05, 4.69) is 14.8 Å². The number of nitrogens with zero attached hydrogens (tertiary/aromatic N) is 5. The number of aromatic carboxylic acids is 1. The summed E-state index contributed by atoms with van der Waals surface area (Å²) in [6, 6.07) is 16.1. The van der Waals surface area contributed by atoms with E-state index in [1.807, 2.05) is 30.3 Å². The zero-order valence-corrected chi connectivity index (χ0v) is 18.3. The van der Waals surface area contributed by atoms with E-state index in [-0.39, 0.29) is 5.56 Å². The van der Waals surface area contributed by atoms with E-state index < -0.39 is 5.97 Å². The summed E-state index contributed by atoms with van der Waals surface area (Å²) in [6.07, 6.45) is 3.01. The van der Waals surface area contributed by atoms with E-state index in [9.17, 15) is 9.90 Å². The first kappa shape index (κ1) is 21.3. The van der Waals surface area contributed by atoms with Gasteiger partial charge in [0.05, 0.1) is 16.6 Å². The lowest BCUT2D eigenvalue weighted by Crippen LogP contribution is -2.47. The molecular weight excluding hydrogens is 430 g/mol. The first-order chi connectivity index (χ1) is 16.5. The molecule has 2 aromatic carbocycles. The number of pyridine rings is 1. The van der Waals surface area contributed by atoms with Gasteiger partial charge in [0, 0.05) is 55.4 Å². The van der Waals surface area contributed by atoms with Gasteiger partial charge < -0.3 is 26.0 Å². The lowest BCUT2D eigenvalue weighted by atomic mass is 10.1. The molecule has 1 saturated heterocycles. The second-order valence-corrected chi connectivity index (χ2v) is 8.05. The third-order valence-electron chi connectivity index (χ3n) is 5.96. The summed E-state index contributed by atoms with van der Waals surface area (Å²) in [4.78, 5) is 30.1. The number of rotatable bonds is 5. The topological polar surface area (TPSA) is 132 Å². The first-order valence-corrected chi connectivity index (χ1v) is 10.9. The molecule has 0 amide bonds. The van der Waals surface area contributed by atoms with Gasteiger partial charge in [0.15, 0.2) is 5.82 Å². The highest BCUT2D eigenvalue weighted by molar-refractivity contribution is 5.94. The average molecular weight is 454 g/mol. The smallest absolute Gasteiger partial charge is 0.335 e. The van der Waals surface area contributed by atoms with Gasteiger partial charge in [0.2, 0.25) is 0 Å². The van der Waals surface area contributed by atoms with E-state index in [1.165, 1.54) is 12.3 Å². The number of nitrogens with one attached hydrogen (secondary N) is 1. The maximum absolute atomic E-state index is 11.5. The number of hydrogen-bond acceptors (Lipinski definition) is 8. The third-order valence-corrected chi connectivity index (χ3v) is 5.96. The number of carboxylic acids is 1. The molecule has 9 heteroatoms. The number of anilines is 3. The molecule has 0 atom stereocenters. The third kappa shape index (κ3) is 3.99. The van der Waals surface area contributed by atoms with Crippen LogP contribution in [0.25, 0.3) is 22.3 Å². The van der Waals surface area contributed by atoms with Crippen LogP contribution in [0.5, 0.6) is 0 Å². The molecular formula is C25H23N7O2. The number of piperazine rings is 1. The Balaban J connectivity index is 1.57. The molecule has 34 heavy (non-hydrogen) atoms. The van der Waals surface area contributed by atoms with Crippen LogP contribution in [0.15, 0.2) is 60.8 Å². The summed E-state index contributed by atoms with van der Waals surface area (Å²) in [6.45, 7) is 2.93. The number of carbonyl (C=O) groups is 1. The molecule has 0 bridgehead atoms. The number of fused-ring (bicyclic) bond motifs is 1. The minimum Gasteiger partial charge on any atom is -0.478 e. The highest BCUT2D eigenvalue weighted by Crippen LogP contribution is 2.32. The highest BCUT2D eigenvalue weighted by Gasteiger charge is 2.24. The minimum atomic E-state index is -1.01. The van der Waals surface area contributed by atoms with E-state index in [4.69, 9.17) is 21.1 Å². The van der Waals surface area contributed by atoms with Gasteiger partial charge in [-0.1, -0.05) is 12.1 Å². The van der Waals surface area contributed by atoms with Crippen LogP contribution in [0.2, 0.25) is 0 Å². The zero-order chi connectivity index (χ0) is 23.7. The van der Waals surface area contributed by atoms with Crippen LogP contribution < -0.4 is 15.5 Å². The minimum absolute atomic E-state index is 0.166. The number of nitrogens with two attached hydrogens (primary N) is 1. The lowest BCUT2D eigenvalue weighted by molar-refractivity contribution is 0.0697. The van der Waals surface area contributed by atoms with Gasteiger partial charge >= 0.3 is 5.97 Å². The van der Waals surface area contributed by atoms with Crippen molar-refractivity contribution in [2.75, 3.05) is 41.7 Å². The maximum Gasteiger partial charge on any atom is 0.335 e. The first-order valence-electron chi connectivity index (χ1n) is 10.9. The molecule has 2 aromatic heterocycles. The van der Waals surface area contributed by atoms with Crippen LogP contribution in [0.3, 0.4) is 0 Å². The normalized spacial score (nSPS) is 13.8. The van der Waals surface area contributed by atoms with Crippen LogP contribution in [-0.4, -0.2) is 58.4 Å². The van der Waals surface area contributed by atoms with Crippen LogP contribution in [0.4, 0.5) is 17.3 Å². The van der Waals surface area contributed by atoms with Crippen molar-refractivity contribution >= 4 is 40.5 Å². The van der Waals surface area contributed by atoms with Crippen LogP contribution in [-0.2, 0) is 0 Å². The van der Waals surface area contributed by atoms with Crippen LogP contribution in [0, 0.1) is 5.41 Å². The van der Waals surface area contributed by atoms with Gasteiger partial charge in [0.25, 0.3) is 0 Å². The molecule has 0 aliphatic carbocycles. The quantitative estimate of drug-likeness (QED) is 0.310. The summed E-state index contributed by atoms with van der Waals surface area (Å²) in [5.41, 5.74) is 9.88. The molecule has 9 nitrogen and oxygen atoms in total. The van der Waals surface area contributed by atoms with Crippen LogP contribution in [0.1, 0.15) is 15.9 Å². The predicted octanol–water partition coefficient (Wildman–Crippen LogP) is 3.30. The Hall–Kier alpha value is -4.53. The monoisotopic (exact) mass is 453 g/mol. The maximum atomic E-state index is 11.5. The molecule has 4 N–H and O–H groups in total. The molecule has 1 fully saturated rings. The summed E-state index contributed by atoms with van der Waals surface area (Å²) in [5, 5.41) is 17.1. The fourth-order valence-corrected chi connectivity index (χ4v) is 4.13. The number of hydrogen-bond donors (Lipinski definition) is 3. The van der Waals surface area contributed by atoms with Gasteiger partial charge in [-0.2, -0.15) is 0 Å². The van der Waals surface area contributed by atoms with Crippen molar-refractivity contribution in [3.05, 3.63) is 71.9 Å². The number of nitrogen functional groups attached to an aromatic ring is 1. The molecule has 0 radical (unpaired) electrons. The summed E-state index contributed by atoms with van der Waals surface area (Å²) >= 11 is 0. The van der Waals surface area contributed by atoms with Crippen molar-refractivity contribution in [1.29, 1.82) is 5.41 Å². The Labute approximate surface area is 196 Å².